The van der Waals surface area contributed by atoms with Crippen LogP contribution in [0.15, 0.2) is 30.5 Å². The number of alkyl halides is 1. The number of thiazole rings is 1. The highest BCUT2D eigenvalue weighted by molar-refractivity contribution is 7.18. The Morgan fingerprint density at radius 2 is 2.14 bits per heavy atom. The highest BCUT2D eigenvalue weighted by Crippen LogP contribution is 2.25. The molecule has 8 nitrogen and oxygen atoms in total. The number of nitrogens with zero attached hydrogens (tertiary/aromatic N) is 5. The van der Waals surface area contributed by atoms with Gasteiger partial charge in [-0.15, -0.1) is 16.4 Å². The van der Waals surface area contributed by atoms with E-state index in [9.17, 15) is 14.0 Å². The molecule has 4 rings (SSSR count). The smallest absolute Gasteiger partial charge is 0.270 e. The third kappa shape index (κ3) is 3.86. The fourth-order valence-electron chi connectivity index (χ4n) is 3.44. The summed E-state index contributed by atoms with van der Waals surface area (Å²) in [4.78, 5) is 29.9. The number of halogens is 1. The summed E-state index contributed by atoms with van der Waals surface area (Å²) in [6, 6.07) is 7.50. The van der Waals surface area contributed by atoms with Crippen LogP contribution in [0.5, 0.6) is 0 Å². The van der Waals surface area contributed by atoms with Crippen molar-refractivity contribution in [1.29, 1.82) is 0 Å². The Bertz CT molecular complexity index is 985. The monoisotopic (exact) mass is 402 g/mol. The predicted molar refractivity (Wildman–Crippen MR) is 101 cm³/mol. The molecule has 0 radical (unpaired) electrons. The van der Waals surface area contributed by atoms with Gasteiger partial charge < -0.3 is 10.6 Å². The highest BCUT2D eigenvalue weighted by atomic mass is 32.1. The van der Waals surface area contributed by atoms with Crippen LogP contribution in [0, 0.1) is 0 Å². The summed E-state index contributed by atoms with van der Waals surface area (Å²) in [6.07, 6.45) is 1.37. The molecule has 1 fully saturated rings. The summed E-state index contributed by atoms with van der Waals surface area (Å²) >= 11 is 1.57. The zero-order valence-electron chi connectivity index (χ0n) is 15.0. The fourth-order valence-corrected chi connectivity index (χ4v) is 4.41. The first-order valence-electron chi connectivity index (χ1n) is 8.97. The third-order valence-corrected chi connectivity index (χ3v) is 5.86. The molecular weight excluding hydrogens is 383 g/mol. The van der Waals surface area contributed by atoms with Gasteiger partial charge in [-0.05, 0) is 12.1 Å². The van der Waals surface area contributed by atoms with Crippen LogP contribution in [-0.2, 0) is 17.8 Å². The summed E-state index contributed by atoms with van der Waals surface area (Å²) < 4.78 is 16.5. The molecule has 28 heavy (non-hydrogen) atoms. The van der Waals surface area contributed by atoms with E-state index in [0.29, 0.717) is 6.42 Å². The minimum atomic E-state index is -1.07. The molecule has 146 valence electrons. The number of amides is 2. The van der Waals surface area contributed by atoms with Crippen LogP contribution in [0.25, 0.3) is 10.2 Å². The molecule has 0 saturated carbocycles. The van der Waals surface area contributed by atoms with Gasteiger partial charge >= 0.3 is 0 Å². The summed E-state index contributed by atoms with van der Waals surface area (Å²) in [7, 11) is 0. The van der Waals surface area contributed by atoms with Gasteiger partial charge in [0.2, 0.25) is 5.91 Å². The van der Waals surface area contributed by atoms with Gasteiger partial charge in [0, 0.05) is 19.3 Å². The number of aromatic nitrogens is 4. The second-order valence-electron chi connectivity index (χ2n) is 6.80. The van der Waals surface area contributed by atoms with Crippen LogP contribution < -0.4 is 5.73 Å². The maximum Gasteiger partial charge on any atom is 0.270 e. The Hall–Kier alpha value is -2.88. The lowest BCUT2D eigenvalue weighted by molar-refractivity contribution is -0.132. The number of fused-ring (bicyclic) bond motifs is 1. The van der Waals surface area contributed by atoms with E-state index < -0.39 is 12.1 Å². The van der Waals surface area contributed by atoms with E-state index in [2.05, 4.69) is 15.3 Å². The standard InChI is InChI=1S/C18H19FN6O2S/c19-11-7-12(9-24-10-14(18(20)27)22-23-24)25(8-11)17(26)6-5-16-21-13-3-1-2-4-15(13)28-16/h1-4,10-12H,5-9H2,(H2,20,27)/t11-,12-/m0/s1. The molecule has 10 heteroatoms. The number of aryl methyl sites for hydroxylation is 1. The topological polar surface area (TPSA) is 107 Å². The second kappa shape index (κ2) is 7.63. The lowest BCUT2D eigenvalue weighted by Gasteiger charge is -2.24. The highest BCUT2D eigenvalue weighted by Gasteiger charge is 2.35. The van der Waals surface area contributed by atoms with Crippen molar-refractivity contribution in [2.75, 3.05) is 6.54 Å². The van der Waals surface area contributed by atoms with Gasteiger partial charge in [-0.2, -0.15) is 0 Å². The maximum absolute atomic E-state index is 14.0. The molecular formula is C18H19FN6O2S. The molecule has 2 atom stereocenters. The van der Waals surface area contributed by atoms with E-state index in [4.69, 9.17) is 5.73 Å². The zero-order chi connectivity index (χ0) is 19.7. The molecule has 0 spiro atoms. The average Bonchev–Trinajstić information content (AvgIpc) is 3.38. The van der Waals surface area contributed by atoms with Gasteiger partial charge in [0.15, 0.2) is 5.69 Å². The first-order chi connectivity index (χ1) is 13.5. The average molecular weight is 402 g/mol. The van der Waals surface area contributed by atoms with E-state index in [1.54, 1.807) is 16.2 Å². The first kappa shape index (κ1) is 18.5. The van der Waals surface area contributed by atoms with Crippen molar-refractivity contribution in [3.63, 3.8) is 0 Å². The molecule has 0 aliphatic carbocycles. The lowest BCUT2D eigenvalue weighted by atomic mass is 10.2. The largest absolute Gasteiger partial charge is 0.364 e. The Morgan fingerprint density at radius 3 is 2.89 bits per heavy atom. The van der Waals surface area contributed by atoms with Crippen molar-refractivity contribution in [2.45, 2.75) is 38.0 Å². The fraction of sp³-hybridized carbons (Fsp3) is 0.389. The van der Waals surface area contributed by atoms with Crippen LogP contribution in [0.3, 0.4) is 0 Å². The zero-order valence-corrected chi connectivity index (χ0v) is 15.8. The number of carbonyl (C=O) groups is 2. The lowest BCUT2D eigenvalue weighted by Crippen LogP contribution is -2.38. The van der Waals surface area contributed by atoms with Crippen molar-refractivity contribution >= 4 is 33.4 Å². The van der Waals surface area contributed by atoms with E-state index >= 15 is 0 Å². The van der Waals surface area contributed by atoms with Crippen LogP contribution in [0.1, 0.15) is 28.3 Å². The maximum atomic E-state index is 14.0. The Kier molecular flexibility index (Phi) is 5.03. The summed E-state index contributed by atoms with van der Waals surface area (Å²) in [5.74, 6) is -0.788. The number of hydrogen-bond acceptors (Lipinski definition) is 6. The van der Waals surface area contributed by atoms with Crippen LogP contribution in [-0.4, -0.2) is 55.5 Å². The van der Waals surface area contributed by atoms with Crippen molar-refractivity contribution in [2.24, 2.45) is 5.73 Å². The number of rotatable bonds is 6. The number of carbonyl (C=O) groups excluding carboxylic acids is 2. The molecule has 2 aromatic heterocycles. The van der Waals surface area contributed by atoms with Crippen molar-refractivity contribution in [3.8, 4) is 0 Å². The van der Waals surface area contributed by atoms with Crippen LogP contribution >= 0.6 is 11.3 Å². The van der Waals surface area contributed by atoms with Gasteiger partial charge in [-0.25, -0.2) is 14.1 Å². The predicted octanol–water partition coefficient (Wildman–Crippen LogP) is 1.56. The number of primary amides is 1. The molecule has 0 unspecified atom stereocenters. The Labute approximate surface area is 164 Å². The number of nitrogens with two attached hydrogens (primary N) is 1. The van der Waals surface area contributed by atoms with E-state index in [1.165, 1.54) is 10.9 Å². The van der Waals surface area contributed by atoms with Gasteiger partial charge in [-0.1, -0.05) is 17.3 Å². The van der Waals surface area contributed by atoms with Crippen LogP contribution in [0.2, 0.25) is 0 Å². The molecule has 1 aliphatic rings. The van der Waals surface area contributed by atoms with Crippen molar-refractivity contribution in [1.82, 2.24) is 24.9 Å². The molecule has 2 amide bonds. The summed E-state index contributed by atoms with van der Waals surface area (Å²) in [5, 5.41) is 8.41. The van der Waals surface area contributed by atoms with Gasteiger partial charge in [0.25, 0.3) is 5.91 Å². The van der Waals surface area contributed by atoms with E-state index in [0.717, 1.165) is 15.2 Å². The quantitative estimate of drug-likeness (QED) is 0.673. The van der Waals surface area contributed by atoms with Crippen LogP contribution in [0.4, 0.5) is 4.39 Å². The van der Waals surface area contributed by atoms with Gasteiger partial charge in [0.05, 0.1) is 40.6 Å². The summed E-state index contributed by atoms with van der Waals surface area (Å²) in [6.45, 7) is 0.342. The number of para-hydroxylation sites is 1. The molecule has 3 heterocycles. The SMILES string of the molecule is NC(=O)c1cn(C[C@@H]2C[C@H](F)CN2C(=O)CCc2nc3ccccc3s2)nn1. The van der Waals surface area contributed by atoms with Crippen molar-refractivity contribution < 1.29 is 14.0 Å². The number of benzene rings is 1. The second-order valence-corrected chi connectivity index (χ2v) is 7.91. The molecule has 0 bridgehead atoms. The normalized spacial score (nSPS) is 19.4. The molecule has 2 N–H and O–H groups in total. The third-order valence-electron chi connectivity index (χ3n) is 4.76. The minimum absolute atomic E-state index is 0.0449. The molecule has 3 aromatic rings. The Morgan fingerprint density at radius 1 is 1.32 bits per heavy atom. The first-order valence-corrected chi connectivity index (χ1v) is 9.79. The summed E-state index contributed by atoms with van der Waals surface area (Å²) in [5.41, 5.74) is 6.14. The van der Waals surface area contributed by atoms with E-state index in [-0.39, 0.29) is 43.6 Å². The van der Waals surface area contributed by atoms with E-state index in [1.807, 2.05) is 24.3 Å². The number of likely N-dealkylation sites (tertiary alicyclic amines) is 1. The number of hydrogen-bond donors (Lipinski definition) is 1. The molecule has 1 saturated heterocycles. The Balaban J connectivity index is 1.40. The van der Waals surface area contributed by atoms with Crippen molar-refractivity contribution in [3.05, 3.63) is 41.2 Å². The van der Waals surface area contributed by atoms with Gasteiger partial charge in [0.1, 0.15) is 6.17 Å². The van der Waals surface area contributed by atoms with Gasteiger partial charge in [-0.3, -0.25) is 9.59 Å². The molecule has 1 aliphatic heterocycles. The molecule has 1 aromatic carbocycles. The minimum Gasteiger partial charge on any atom is -0.364 e.